The summed E-state index contributed by atoms with van der Waals surface area (Å²) in [4.78, 5) is 11.8. The van der Waals surface area contributed by atoms with Crippen LogP contribution in [-0.4, -0.2) is 25.7 Å². The topological polar surface area (TPSA) is 47.6 Å². The Balaban J connectivity index is 1.62. The second kappa shape index (κ2) is 10.3. The van der Waals surface area contributed by atoms with Gasteiger partial charge in [-0.05, 0) is 43.9 Å². The van der Waals surface area contributed by atoms with Crippen LogP contribution in [0.2, 0.25) is 0 Å². The average Bonchev–Trinajstić information content (AvgIpc) is 2.62. The van der Waals surface area contributed by atoms with Crippen LogP contribution in [-0.2, 0) is 11.2 Å². The number of para-hydroxylation sites is 2. The summed E-state index contributed by atoms with van der Waals surface area (Å²) in [6.07, 6.45) is 3.05. The summed E-state index contributed by atoms with van der Waals surface area (Å²) >= 11 is 0. The van der Waals surface area contributed by atoms with Gasteiger partial charge in [-0.25, -0.2) is 0 Å². The van der Waals surface area contributed by atoms with Crippen LogP contribution in [0.1, 0.15) is 25.3 Å². The van der Waals surface area contributed by atoms with E-state index in [0.29, 0.717) is 24.7 Å². The van der Waals surface area contributed by atoms with Gasteiger partial charge in [0.2, 0.25) is 0 Å². The monoisotopic (exact) mass is 327 g/mol. The summed E-state index contributed by atoms with van der Waals surface area (Å²) in [5, 5.41) is 2.89. The van der Waals surface area contributed by atoms with E-state index in [1.807, 2.05) is 31.2 Å². The number of ether oxygens (including phenoxy) is 2. The molecule has 4 nitrogen and oxygen atoms in total. The highest BCUT2D eigenvalue weighted by Crippen LogP contribution is 2.26. The molecule has 0 atom stereocenters. The zero-order valence-electron chi connectivity index (χ0n) is 14.2. The van der Waals surface area contributed by atoms with Crippen molar-refractivity contribution in [2.75, 3.05) is 19.8 Å². The smallest absolute Gasteiger partial charge is 0.257 e. The van der Waals surface area contributed by atoms with Crippen LogP contribution in [0.15, 0.2) is 54.6 Å². The van der Waals surface area contributed by atoms with Gasteiger partial charge in [0.1, 0.15) is 0 Å². The number of aryl methyl sites for hydroxylation is 1. The first kappa shape index (κ1) is 17.9. The Labute approximate surface area is 143 Å². The molecule has 0 radical (unpaired) electrons. The molecule has 0 saturated carbocycles. The van der Waals surface area contributed by atoms with Gasteiger partial charge in [0, 0.05) is 6.54 Å². The molecule has 0 spiro atoms. The fourth-order valence-electron chi connectivity index (χ4n) is 2.37. The van der Waals surface area contributed by atoms with Crippen LogP contribution >= 0.6 is 0 Å². The van der Waals surface area contributed by atoms with Gasteiger partial charge in [-0.1, -0.05) is 42.5 Å². The fourth-order valence-corrected chi connectivity index (χ4v) is 2.37. The van der Waals surface area contributed by atoms with E-state index in [2.05, 4.69) is 29.6 Å². The minimum Gasteiger partial charge on any atom is -0.490 e. The first-order valence-electron chi connectivity index (χ1n) is 8.45. The number of carbonyl (C=O) groups is 1. The van der Waals surface area contributed by atoms with Crippen LogP contribution in [0.25, 0.3) is 0 Å². The zero-order valence-corrected chi connectivity index (χ0v) is 14.2. The molecule has 0 aromatic heterocycles. The van der Waals surface area contributed by atoms with Crippen molar-refractivity contribution < 1.29 is 14.3 Å². The third kappa shape index (κ3) is 6.32. The van der Waals surface area contributed by atoms with E-state index in [9.17, 15) is 4.79 Å². The van der Waals surface area contributed by atoms with Crippen LogP contribution in [0.4, 0.5) is 0 Å². The van der Waals surface area contributed by atoms with Crippen molar-refractivity contribution in [1.29, 1.82) is 0 Å². The maximum absolute atomic E-state index is 11.8. The lowest BCUT2D eigenvalue weighted by molar-refractivity contribution is -0.123. The number of rotatable bonds is 10. The van der Waals surface area contributed by atoms with Crippen LogP contribution in [0, 0.1) is 0 Å². The molecule has 2 aromatic carbocycles. The summed E-state index contributed by atoms with van der Waals surface area (Å²) in [5.41, 5.74) is 1.33. The molecule has 2 aromatic rings. The Morgan fingerprint density at radius 2 is 1.58 bits per heavy atom. The van der Waals surface area contributed by atoms with E-state index >= 15 is 0 Å². The Kier molecular flexibility index (Phi) is 7.68. The minimum atomic E-state index is -0.110. The molecule has 0 saturated heterocycles. The molecule has 0 fully saturated rings. The lowest BCUT2D eigenvalue weighted by atomic mass is 10.1. The van der Waals surface area contributed by atoms with E-state index < -0.39 is 0 Å². The molecular formula is C20H25NO3. The van der Waals surface area contributed by atoms with Gasteiger partial charge in [0.05, 0.1) is 6.61 Å². The first-order chi connectivity index (χ1) is 11.8. The van der Waals surface area contributed by atoms with Crippen LogP contribution in [0.3, 0.4) is 0 Å². The second-order valence-corrected chi connectivity index (χ2v) is 5.46. The number of benzene rings is 2. The van der Waals surface area contributed by atoms with Crippen molar-refractivity contribution in [2.24, 2.45) is 0 Å². The molecule has 1 amide bonds. The molecule has 1 N–H and O–H groups in total. The van der Waals surface area contributed by atoms with Crippen LogP contribution < -0.4 is 14.8 Å². The highest BCUT2D eigenvalue weighted by molar-refractivity contribution is 5.77. The van der Waals surface area contributed by atoms with Crippen molar-refractivity contribution in [2.45, 2.75) is 26.2 Å². The molecular weight excluding hydrogens is 302 g/mol. The van der Waals surface area contributed by atoms with Crippen molar-refractivity contribution in [3.05, 3.63) is 60.2 Å². The van der Waals surface area contributed by atoms with E-state index in [1.165, 1.54) is 5.56 Å². The lowest BCUT2D eigenvalue weighted by Crippen LogP contribution is -2.29. The number of hydrogen-bond acceptors (Lipinski definition) is 3. The highest BCUT2D eigenvalue weighted by atomic mass is 16.5. The van der Waals surface area contributed by atoms with Gasteiger partial charge < -0.3 is 14.8 Å². The lowest BCUT2D eigenvalue weighted by Gasteiger charge is -2.11. The standard InChI is InChI=1S/C20H25NO3/c1-2-23-18-13-6-7-14-19(18)24-16-20(22)21-15-9-8-12-17-10-4-3-5-11-17/h3-7,10-11,13-14H,2,8-9,12,15-16H2,1H3,(H,21,22). The summed E-state index contributed by atoms with van der Waals surface area (Å²) in [6.45, 7) is 3.15. The number of amides is 1. The fraction of sp³-hybridized carbons (Fsp3) is 0.350. The molecule has 0 unspecified atom stereocenters. The largest absolute Gasteiger partial charge is 0.490 e. The summed E-state index contributed by atoms with van der Waals surface area (Å²) in [7, 11) is 0. The summed E-state index contributed by atoms with van der Waals surface area (Å²) in [5.74, 6) is 1.15. The van der Waals surface area contributed by atoms with Crippen LogP contribution in [0.5, 0.6) is 11.5 Å². The van der Waals surface area contributed by atoms with E-state index in [-0.39, 0.29) is 12.5 Å². The first-order valence-corrected chi connectivity index (χ1v) is 8.45. The third-order valence-corrected chi connectivity index (χ3v) is 3.56. The Morgan fingerprint density at radius 1 is 0.917 bits per heavy atom. The third-order valence-electron chi connectivity index (χ3n) is 3.56. The quantitative estimate of drug-likeness (QED) is 0.678. The van der Waals surface area contributed by atoms with Gasteiger partial charge in [0.25, 0.3) is 5.91 Å². The maximum atomic E-state index is 11.8. The van der Waals surface area contributed by atoms with Crippen molar-refractivity contribution in [1.82, 2.24) is 5.32 Å². The van der Waals surface area contributed by atoms with E-state index in [1.54, 1.807) is 6.07 Å². The normalized spacial score (nSPS) is 10.2. The van der Waals surface area contributed by atoms with Crippen molar-refractivity contribution >= 4 is 5.91 Å². The Morgan fingerprint density at radius 3 is 2.29 bits per heavy atom. The van der Waals surface area contributed by atoms with E-state index in [4.69, 9.17) is 9.47 Å². The molecule has 0 aliphatic rings. The molecule has 128 valence electrons. The van der Waals surface area contributed by atoms with Gasteiger partial charge in [0.15, 0.2) is 18.1 Å². The van der Waals surface area contributed by atoms with Gasteiger partial charge in [-0.2, -0.15) is 0 Å². The number of hydrogen-bond donors (Lipinski definition) is 1. The highest BCUT2D eigenvalue weighted by Gasteiger charge is 2.06. The minimum absolute atomic E-state index is 0.00275. The van der Waals surface area contributed by atoms with Crippen molar-refractivity contribution in [3.63, 3.8) is 0 Å². The van der Waals surface area contributed by atoms with Gasteiger partial charge >= 0.3 is 0 Å². The Hall–Kier alpha value is -2.49. The SMILES string of the molecule is CCOc1ccccc1OCC(=O)NCCCCc1ccccc1. The van der Waals surface area contributed by atoms with Gasteiger partial charge in [-0.3, -0.25) is 4.79 Å². The predicted molar refractivity (Wildman–Crippen MR) is 95.5 cm³/mol. The molecule has 2 rings (SSSR count). The second-order valence-electron chi connectivity index (χ2n) is 5.46. The average molecular weight is 327 g/mol. The van der Waals surface area contributed by atoms with E-state index in [0.717, 1.165) is 19.3 Å². The predicted octanol–water partition coefficient (Wildman–Crippen LogP) is 3.60. The maximum Gasteiger partial charge on any atom is 0.257 e. The molecule has 4 heteroatoms. The molecule has 0 heterocycles. The van der Waals surface area contributed by atoms with Crippen molar-refractivity contribution in [3.8, 4) is 11.5 Å². The number of unbranched alkanes of at least 4 members (excludes halogenated alkanes) is 1. The zero-order chi connectivity index (χ0) is 17.0. The number of carbonyl (C=O) groups excluding carboxylic acids is 1. The Bertz CT molecular complexity index is 613. The molecule has 0 aliphatic heterocycles. The summed E-state index contributed by atoms with van der Waals surface area (Å²) in [6, 6.07) is 17.8. The molecule has 0 aliphatic carbocycles. The molecule has 24 heavy (non-hydrogen) atoms. The summed E-state index contributed by atoms with van der Waals surface area (Å²) < 4.78 is 11.0. The van der Waals surface area contributed by atoms with Gasteiger partial charge in [-0.15, -0.1) is 0 Å². The number of nitrogens with one attached hydrogen (secondary N) is 1. The molecule has 0 bridgehead atoms.